The van der Waals surface area contributed by atoms with Gasteiger partial charge in [0.1, 0.15) is 0 Å². The Labute approximate surface area is 173 Å². The molecule has 2 aromatic carbocycles. The molecule has 0 aliphatic heterocycles. The fraction of sp³-hybridized carbons (Fsp3) is 0.280. The number of aryl methyl sites for hydroxylation is 1. The summed E-state index contributed by atoms with van der Waals surface area (Å²) in [7, 11) is 0. The molecule has 1 aromatic heterocycles. The lowest BCUT2D eigenvalue weighted by molar-refractivity contribution is 0.592. The van der Waals surface area contributed by atoms with Gasteiger partial charge in [-0.1, -0.05) is 55.3 Å². The first-order valence-corrected chi connectivity index (χ1v) is 11.2. The van der Waals surface area contributed by atoms with E-state index in [1.165, 1.54) is 52.8 Å². The third kappa shape index (κ3) is 2.53. The molecule has 3 aromatic rings. The minimum absolute atomic E-state index is 0.0446. The summed E-state index contributed by atoms with van der Waals surface area (Å²) in [6.45, 7) is 9.47. The summed E-state index contributed by atoms with van der Waals surface area (Å²) in [6.07, 6.45) is 4.59. The standard InChI is InChI=1S/C25H23BrS/c1-14-9-19-15(2)20-13-23(26)27-22(20)12-21(19)24(14)25(3,4)18-10-16-7-5-6-8-17(16)11-18/h5-8,10,12-13H,9,11H2,1-4H3. The summed E-state index contributed by atoms with van der Waals surface area (Å²) in [5.41, 5.74) is 12.0. The molecule has 0 unspecified atom stereocenters. The summed E-state index contributed by atoms with van der Waals surface area (Å²) in [6, 6.07) is 13.6. The third-order valence-electron chi connectivity index (χ3n) is 6.52. The number of thiophene rings is 1. The van der Waals surface area contributed by atoms with Crippen LogP contribution >= 0.6 is 27.3 Å². The monoisotopic (exact) mass is 434 g/mol. The van der Waals surface area contributed by atoms with E-state index in [0.717, 1.165) is 12.8 Å². The molecule has 0 bridgehead atoms. The topological polar surface area (TPSA) is 0 Å². The summed E-state index contributed by atoms with van der Waals surface area (Å²) in [5.74, 6) is 0. The number of hydrogen-bond acceptors (Lipinski definition) is 1. The highest BCUT2D eigenvalue weighted by Crippen LogP contribution is 2.52. The van der Waals surface area contributed by atoms with Crippen molar-refractivity contribution in [3.05, 3.63) is 79.1 Å². The number of hydrogen-bond donors (Lipinski definition) is 0. The largest absolute Gasteiger partial charge is 0.128 e. The van der Waals surface area contributed by atoms with Gasteiger partial charge in [-0.2, -0.15) is 0 Å². The molecule has 0 saturated carbocycles. The van der Waals surface area contributed by atoms with Crippen LogP contribution in [0.1, 0.15) is 48.6 Å². The molecule has 27 heavy (non-hydrogen) atoms. The molecule has 0 nitrogen and oxygen atoms in total. The molecule has 0 fully saturated rings. The molecule has 2 heteroatoms. The highest BCUT2D eigenvalue weighted by molar-refractivity contribution is 9.11. The first kappa shape index (κ1) is 17.5. The Morgan fingerprint density at radius 2 is 1.81 bits per heavy atom. The Morgan fingerprint density at radius 1 is 1.04 bits per heavy atom. The van der Waals surface area contributed by atoms with E-state index >= 15 is 0 Å². The molecule has 0 spiro atoms. The smallest absolute Gasteiger partial charge is 0.0711 e. The Hall–Kier alpha value is -1.64. The van der Waals surface area contributed by atoms with Gasteiger partial charge in [0.15, 0.2) is 0 Å². The van der Waals surface area contributed by atoms with Crippen LogP contribution in [0.5, 0.6) is 0 Å². The zero-order valence-electron chi connectivity index (χ0n) is 16.2. The lowest BCUT2D eigenvalue weighted by atomic mass is 9.73. The van der Waals surface area contributed by atoms with Crippen molar-refractivity contribution in [3.63, 3.8) is 0 Å². The van der Waals surface area contributed by atoms with Gasteiger partial charge in [0.05, 0.1) is 3.79 Å². The summed E-state index contributed by atoms with van der Waals surface area (Å²) < 4.78 is 2.62. The SMILES string of the molecule is CC1=C(C(C)(C)C2=Cc3ccccc3C2)c2cc3sc(Br)cc3c(C)c2C1. The van der Waals surface area contributed by atoms with Gasteiger partial charge in [-0.15, -0.1) is 11.3 Å². The van der Waals surface area contributed by atoms with Gasteiger partial charge >= 0.3 is 0 Å². The molecule has 2 aliphatic carbocycles. The van der Waals surface area contributed by atoms with E-state index in [0.29, 0.717) is 0 Å². The van der Waals surface area contributed by atoms with Gasteiger partial charge < -0.3 is 0 Å². The predicted octanol–water partition coefficient (Wildman–Crippen LogP) is 7.97. The van der Waals surface area contributed by atoms with Gasteiger partial charge in [-0.05, 0) is 93.5 Å². The average Bonchev–Trinajstić information content (AvgIpc) is 3.29. The van der Waals surface area contributed by atoms with E-state index < -0.39 is 0 Å². The fourth-order valence-corrected chi connectivity index (χ4v) is 6.74. The van der Waals surface area contributed by atoms with E-state index in [4.69, 9.17) is 0 Å². The Bertz CT molecular complexity index is 1170. The highest BCUT2D eigenvalue weighted by Gasteiger charge is 2.37. The maximum Gasteiger partial charge on any atom is 0.0711 e. The van der Waals surface area contributed by atoms with Crippen LogP contribution in [0, 0.1) is 12.3 Å². The van der Waals surface area contributed by atoms with E-state index in [2.05, 4.69) is 86.1 Å². The minimum atomic E-state index is 0.0446. The number of benzene rings is 2. The molecule has 0 radical (unpaired) electrons. The quantitative estimate of drug-likeness (QED) is 0.383. The van der Waals surface area contributed by atoms with Gasteiger partial charge in [0.25, 0.3) is 0 Å². The van der Waals surface area contributed by atoms with E-state index in [9.17, 15) is 0 Å². The first-order chi connectivity index (χ1) is 12.9. The van der Waals surface area contributed by atoms with Crippen LogP contribution in [0.25, 0.3) is 21.7 Å². The predicted molar refractivity (Wildman–Crippen MR) is 122 cm³/mol. The summed E-state index contributed by atoms with van der Waals surface area (Å²) in [4.78, 5) is 0. The molecule has 0 N–H and O–H groups in total. The molecular formula is C25H23BrS. The van der Waals surface area contributed by atoms with Crippen molar-refractivity contribution >= 4 is 49.0 Å². The minimum Gasteiger partial charge on any atom is -0.128 e. The van der Waals surface area contributed by atoms with E-state index in [-0.39, 0.29) is 5.41 Å². The van der Waals surface area contributed by atoms with Gasteiger partial charge in [-0.3, -0.25) is 0 Å². The summed E-state index contributed by atoms with van der Waals surface area (Å²) >= 11 is 5.53. The zero-order valence-corrected chi connectivity index (χ0v) is 18.6. The van der Waals surface area contributed by atoms with Crippen molar-refractivity contribution < 1.29 is 0 Å². The highest BCUT2D eigenvalue weighted by atomic mass is 79.9. The number of halogens is 1. The van der Waals surface area contributed by atoms with Crippen molar-refractivity contribution in [1.82, 2.24) is 0 Å². The second kappa shape index (κ2) is 5.93. The molecule has 5 rings (SSSR count). The Balaban J connectivity index is 1.66. The Kier molecular flexibility index (Phi) is 3.83. The van der Waals surface area contributed by atoms with Crippen LogP contribution in [0.2, 0.25) is 0 Å². The lowest BCUT2D eigenvalue weighted by Gasteiger charge is -2.31. The number of allylic oxidation sites excluding steroid dienone is 3. The Morgan fingerprint density at radius 3 is 2.59 bits per heavy atom. The molecule has 0 atom stereocenters. The third-order valence-corrected chi connectivity index (χ3v) is 8.10. The van der Waals surface area contributed by atoms with E-state index in [1.807, 2.05) is 11.3 Å². The number of rotatable bonds is 2. The van der Waals surface area contributed by atoms with Crippen molar-refractivity contribution in [2.45, 2.75) is 40.5 Å². The molecule has 2 aliphatic rings. The van der Waals surface area contributed by atoms with Crippen LogP contribution in [0.3, 0.4) is 0 Å². The van der Waals surface area contributed by atoms with Crippen LogP contribution in [0.15, 0.2) is 51.3 Å². The maximum absolute atomic E-state index is 3.68. The molecule has 1 heterocycles. The second-order valence-corrected chi connectivity index (χ2v) is 11.0. The van der Waals surface area contributed by atoms with Crippen LogP contribution in [-0.2, 0) is 12.8 Å². The average molecular weight is 435 g/mol. The van der Waals surface area contributed by atoms with Crippen molar-refractivity contribution in [2.75, 3.05) is 0 Å². The zero-order chi connectivity index (χ0) is 18.9. The van der Waals surface area contributed by atoms with Crippen LogP contribution < -0.4 is 0 Å². The fourth-order valence-electron chi connectivity index (χ4n) is 5.10. The molecular weight excluding hydrogens is 412 g/mol. The molecule has 0 saturated heterocycles. The van der Waals surface area contributed by atoms with Crippen LogP contribution in [-0.4, -0.2) is 0 Å². The summed E-state index contributed by atoms with van der Waals surface area (Å²) in [5, 5.41) is 1.41. The number of fused-ring (bicyclic) bond motifs is 3. The molecule has 136 valence electrons. The van der Waals surface area contributed by atoms with Crippen molar-refractivity contribution in [2.24, 2.45) is 5.41 Å². The van der Waals surface area contributed by atoms with Crippen molar-refractivity contribution in [3.8, 4) is 0 Å². The molecule has 0 amide bonds. The van der Waals surface area contributed by atoms with Gasteiger partial charge in [0, 0.05) is 10.1 Å². The van der Waals surface area contributed by atoms with Gasteiger partial charge in [0.2, 0.25) is 0 Å². The van der Waals surface area contributed by atoms with Crippen LogP contribution in [0.4, 0.5) is 0 Å². The second-order valence-electron chi connectivity index (χ2n) is 8.49. The van der Waals surface area contributed by atoms with Gasteiger partial charge in [-0.25, -0.2) is 0 Å². The normalized spacial score (nSPS) is 16.1. The van der Waals surface area contributed by atoms with E-state index in [1.54, 1.807) is 5.57 Å². The lowest BCUT2D eigenvalue weighted by Crippen LogP contribution is -2.17. The first-order valence-electron chi connectivity index (χ1n) is 9.57. The van der Waals surface area contributed by atoms with Crippen molar-refractivity contribution in [1.29, 1.82) is 0 Å². The maximum atomic E-state index is 3.68.